The summed E-state index contributed by atoms with van der Waals surface area (Å²) in [6, 6.07) is 6.25. The van der Waals surface area contributed by atoms with E-state index in [-0.39, 0.29) is 6.10 Å². The third-order valence-electron chi connectivity index (χ3n) is 3.48. The first-order valence-corrected chi connectivity index (χ1v) is 6.35. The molecule has 4 heteroatoms. The van der Waals surface area contributed by atoms with Crippen LogP contribution in [0.15, 0.2) is 18.2 Å². The molecule has 0 spiro atoms. The molecule has 17 heavy (non-hydrogen) atoms. The summed E-state index contributed by atoms with van der Waals surface area (Å²) in [5, 5.41) is 0.759. The zero-order valence-electron chi connectivity index (χ0n) is 10.3. The average Bonchev–Trinajstić information content (AvgIpc) is 2.74. The summed E-state index contributed by atoms with van der Waals surface area (Å²) in [5.41, 5.74) is 7.90. The Kier molecular flexibility index (Phi) is 3.92. The molecule has 2 N–H and O–H groups in total. The number of hydrogen-bond donors (Lipinski definition) is 1. The largest absolute Gasteiger partial charge is 0.376 e. The predicted molar refractivity (Wildman–Crippen MR) is 71.6 cm³/mol. The first-order chi connectivity index (χ1) is 8.15. The number of benzene rings is 1. The third-order valence-corrected chi connectivity index (χ3v) is 3.78. The zero-order valence-corrected chi connectivity index (χ0v) is 11.1. The molecule has 0 bridgehead atoms. The molecule has 94 valence electrons. The molecule has 0 aliphatic carbocycles. The highest BCUT2D eigenvalue weighted by molar-refractivity contribution is 6.33. The van der Waals surface area contributed by atoms with Gasteiger partial charge in [-0.15, -0.1) is 0 Å². The second-order valence-corrected chi connectivity index (χ2v) is 4.90. The van der Waals surface area contributed by atoms with Gasteiger partial charge < -0.3 is 15.4 Å². The van der Waals surface area contributed by atoms with E-state index in [1.165, 1.54) is 0 Å². The molecular formula is C13H19ClN2O. The summed E-state index contributed by atoms with van der Waals surface area (Å²) >= 11 is 6.29. The number of halogens is 1. The van der Waals surface area contributed by atoms with Crippen molar-refractivity contribution >= 4 is 17.3 Å². The van der Waals surface area contributed by atoms with E-state index in [1.54, 1.807) is 0 Å². The Morgan fingerprint density at radius 1 is 1.53 bits per heavy atom. The Balaban J connectivity index is 2.32. The van der Waals surface area contributed by atoms with E-state index in [0.29, 0.717) is 12.6 Å². The number of ether oxygens (including phenoxy) is 1. The van der Waals surface area contributed by atoms with Crippen LogP contribution in [0.2, 0.25) is 5.02 Å². The molecule has 2 rings (SSSR count). The predicted octanol–water partition coefficient (Wildman–Crippen LogP) is 2.41. The monoisotopic (exact) mass is 254 g/mol. The summed E-state index contributed by atoms with van der Waals surface area (Å²) in [7, 11) is 2.07. The number of nitrogens with zero attached hydrogens (tertiary/aromatic N) is 1. The maximum Gasteiger partial charge on any atom is 0.0750 e. The van der Waals surface area contributed by atoms with Crippen molar-refractivity contribution in [3.63, 3.8) is 0 Å². The van der Waals surface area contributed by atoms with E-state index >= 15 is 0 Å². The van der Waals surface area contributed by atoms with E-state index in [1.807, 2.05) is 18.2 Å². The quantitative estimate of drug-likeness (QED) is 0.900. The Bertz CT molecular complexity index is 397. The van der Waals surface area contributed by atoms with Crippen LogP contribution in [-0.2, 0) is 11.3 Å². The normalized spacial score (nSPS) is 24.0. The third kappa shape index (κ3) is 2.41. The van der Waals surface area contributed by atoms with Gasteiger partial charge in [0.1, 0.15) is 0 Å². The van der Waals surface area contributed by atoms with E-state index in [2.05, 4.69) is 18.9 Å². The van der Waals surface area contributed by atoms with Gasteiger partial charge in [-0.05, 0) is 25.0 Å². The second-order valence-electron chi connectivity index (χ2n) is 4.49. The summed E-state index contributed by atoms with van der Waals surface area (Å²) in [5.74, 6) is 0. The van der Waals surface area contributed by atoms with Crippen LogP contribution in [0.25, 0.3) is 0 Å². The molecule has 0 amide bonds. The van der Waals surface area contributed by atoms with Crippen molar-refractivity contribution < 1.29 is 4.74 Å². The second kappa shape index (κ2) is 5.25. The number of nitrogens with two attached hydrogens (primary N) is 1. The average molecular weight is 255 g/mol. The van der Waals surface area contributed by atoms with Crippen molar-refractivity contribution in [3.05, 3.63) is 28.8 Å². The molecular weight excluding hydrogens is 236 g/mol. The molecule has 1 aromatic carbocycles. The van der Waals surface area contributed by atoms with Crippen molar-refractivity contribution in [2.24, 2.45) is 5.73 Å². The standard InChI is InChI=1S/C13H19ClN2O/c1-9-12(6-7-17-9)16(2)13-10(8-15)4-3-5-11(13)14/h3-5,9,12H,6-8,15H2,1-2H3. The van der Waals surface area contributed by atoms with E-state index in [4.69, 9.17) is 22.1 Å². The van der Waals surface area contributed by atoms with Crippen LogP contribution in [0.3, 0.4) is 0 Å². The molecule has 3 nitrogen and oxygen atoms in total. The van der Waals surface area contributed by atoms with Crippen LogP contribution in [0, 0.1) is 0 Å². The maximum atomic E-state index is 6.29. The highest BCUT2D eigenvalue weighted by Crippen LogP contribution is 2.33. The molecule has 1 saturated heterocycles. The fraction of sp³-hybridized carbons (Fsp3) is 0.538. The molecule has 1 aliphatic heterocycles. The minimum atomic E-state index is 0.238. The van der Waals surface area contributed by atoms with Gasteiger partial charge in [0, 0.05) is 20.2 Å². The van der Waals surface area contributed by atoms with Crippen molar-refractivity contribution in [2.45, 2.75) is 32.0 Å². The smallest absolute Gasteiger partial charge is 0.0750 e. The summed E-state index contributed by atoms with van der Waals surface area (Å²) in [4.78, 5) is 2.21. The number of anilines is 1. The maximum absolute atomic E-state index is 6.29. The molecule has 0 saturated carbocycles. The molecule has 2 unspecified atom stereocenters. The number of para-hydroxylation sites is 1. The highest BCUT2D eigenvalue weighted by atomic mass is 35.5. The van der Waals surface area contributed by atoms with Gasteiger partial charge in [0.25, 0.3) is 0 Å². The van der Waals surface area contributed by atoms with E-state index < -0.39 is 0 Å². The first kappa shape index (κ1) is 12.7. The Hall–Kier alpha value is -0.770. The van der Waals surface area contributed by atoms with Gasteiger partial charge >= 0.3 is 0 Å². The summed E-state index contributed by atoms with van der Waals surface area (Å²) in [6.07, 6.45) is 1.27. The SMILES string of the molecule is CC1OCCC1N(C)c1c(Cl)cccc1CN. The van der Waals surface area contributed by atoms with Gasteiger partial charge in [0.2, 0.25) is 0 Å². The van der Waals surface area contributed by atoms with Gasteiger partial charge in [-0.2, -0.15) is 0 Å². The van der Waals surface area contributed by atoms with Crippen molar-refractivity contribution in [3.8, 4) is 0 Å². The summed E-state index contributed by atoms with van der Waals surface area (Å²) in [6.45, 7) is 3.42. The van der Waals surface area contributed by atoms with Crippen LogP contribution in [0.1, 0.15) is 18.9 Å². The molecule has 1 aromatic rings. The number of rotatable bonds is 3. The van der Waals surface area contributed by atoms with Crippen molar-refractivity contribution in [1.29, 1.82) is 0 Å². The van der Waals surface area contributed by atoms with Crippen LogP contribution < -0.4 is 10.6 Å². The van der Waals surface area contributed by atoms with Crippen LogP contribution >= 0.6 is 11.6 Å². The molecule has 0 radical (unpaired) electrons. The van der Waals surface area contributed by atoms with Crippen molar-refractivity contribution in [1.82, 2.24) is 0 Å². The number of likely N-dealkylation sites (N-methyl/N-ethyl adjacent to an activating group) is 1. The Morgan fingerprint density at radius 2 is 2.29 bits per heavy atom. The van der Waals surface area contributed by atoms with Gasteiger partial charge in [-0.25, -0.2) is 0 Å². The van der Waals surface area contributed by atoms with Crippen molar-refractivity contribution in [2.75, 3.05) is 18.6 Å². The minimum absolute atomic E-state index is 0.238. The van der Waals surface area contributed by atoms with Gasteiger partial charge in [-0.1, -0.05) is 23.7 Å². The molecule has 0 aromatic heterocycles. The van der Waals surface area contributed by atoms with Crippen LogP contribution in [0.4, 0.5) is 5.69 Å². The lowest BCUT2D eigenvalue weighted by molar-refractivity contribution is 0.118. The van der Waals surface area contributed by atoms with Crippen LogP contribution in [0.5, 0.6) is 0 Å². The highest BCUT2D eigenvalue weighted by Gasteiger charge is 2.29. The molecule has 2 atom stereocenters. The lowest BCUT2D eigenvalue weighted by atomic mass is 10.1. The fourth-order valence-electron chi connectivity index (χ4n) is 2.51. The zero-order chi connectivity index (χ0) is 12.4. The van der Waals surface area contributed by atoms with Gasteiger partial charge in [0.05, 0.1) is 22.9 Å². The van der Waals surface area contributed by atoms with Gasteiger partial charge in [0.15, 0.2) is 0 Å². The lowest BCUT2D eigenvalue weighted by Crippen LogP contribution is -2.37. The van der Waals surface area contributed by atoms with Gasteiger partial charge in [-0.3, -0.25) is 0 Å². The number of hydrogen-bond acceptors (Lipinski definition) is 3. The Labute approximate surface area is 107 Å². The van der Waals surface area contributed by atoms with E-state index in [0.717, 1.165) is 29.3 Å². The molecule has 1 fully saturated rings. The molecule has 1 heterocycles. The first-order valence-electron chi connectivity index (χ1n) is 5.97. The topological polar surface area (TPSA) is 38.5 Å². The Morgan fingerprint density at radius 3 is 2.88 bits per heavy atom. The molecule has 1 aliphatic rings. The van der Waals surface area contributed by atoms with E-state index in [9.17, 15) is 0 Å². The lowest BCUT2D eigenvalue weighted by Gasteiger charge is -2.31. The van der Waals surface area contributed by atoms with Crippen LogP contribution in [-0.4, -0.2) is 25.8 Å². The summed E-state index contributed by atoms with van der Waals surface area (Å²) < 4.78 is 5.61. The minimum Gasteiger partial charge on any atom is -0.376 e. The fourth-order valence-corrected chi connectivity index (χ4v) is 2.84.